The topological polar surface area (TPSA) is 35.2 Å². The molecule has 0 amide bonds. The molecule has 2 rings (SSSR count). The second-order valence-corrected chi connectivity index (χ2v) is 5.88. The average molecular weight is 305 g/mol. The molecule has 1 atom stereocenters. The van der Waals surface area contributed by atoms with E-state index in [1.54, 1.807) is 23.9 Å². The summed E-state index contributed by atoms with van der Waals surface area (Å²) >= 11 is 1.63. The molecule has 0 spiro atoms. The van der Waals surface area contributed by atoms with E-state index >= 15 is 0 Å². The van der Waals surface area contributed by atoms with Crippen LogP contribution in [0.5, 0.6) is 5.75 Å². The minimum Gasteiger partial charge on any atom is -0.494 e. The number of halogens is 1. The first-order valence-electron chi connectivity index (χ1n) is 7.05. The molecule has 0 radical (unpaired) electrons. The van der Waals surface area contributed by atoms with Gasteiger partial charge in [0.05, 0.1) is 6.61 Å². The third kappa shape index (κ3) is 5.06. The molecule has 4 heteroatoms. The van der Waals surface area contributed by atoms with Gasteiger partial charge in [-0.2, -0.15) is 0 Å². The SMILES string of the molecule is CCCOc1ccc(C(N)CSc2ccc(F)cc2)cc1. The van der Waals surface area contributed by atoms with E-state index in [0.717, 1.165) is 35.0 Å². The van der Waals surface area contributed by atoms with Crippen molar-refractivity contribution in [1.29, 1.82) is 0 Å². The fourth-order valence-electron chi connectivity index (χ4n) is 1.84. The van der Waals surface area contributed by atoms with E-state index in [4.69, 9.17) is 10.5 Å². The highest BCUT2D eigenvalue weighted by atomic mass is 32.2. The van der Waals surface area contributed by atoms with Gasteiger partial charge in [-0.1, -0.05) is 19.1 Å². The highest BCUT2D eigenvalue weighted by Gasteiger charge is 2.07. The lowest BCUT2D eigenvalue weighted by Gasteiger charge is -2.13. The zero-order valence-corrected chi connectivity index (χ0v) is 12.9. The molecule has 0 aliphatic heterocycles. The Labute approximate surface area is 129 Å². The first-order chi connectivity index (χ1) is 10.2. The summed E-state index contributed by atoms with van der Waals surface area (Å²) in [7, 11) is 0. The molecule has 0 heterocycles. The highest BCUT2D eigenvalue weighted by molar-refractivity contribution is 7.99. The van der Waals surface area contributed by atoms with Crippen molar-refractivity contribution >= 4 is 11.8 Å². The summed E-state index contributed by atoms with van der Waals surface area (Å²) in [6.07, 6.45) is 0.996. The lowest BCUT2D eigenvalue weighted by Crippen LogP contribution is -2.12. The molecule has 0 saturated heterocycles. The molecule has 0 fully saturated rings. The van der Waals surface area contributed by atoms with Gasteiger partial charge in [0, 0.05) is 16.7 Å². The van der Waals surface area contributed by atoms with E-state index in [0.29, 0.717) is 0 Å². The maximum absolute atomic E-state index is 12.8. The van der Waals surface area contributed by atoms with Crippen molar-refractivity contribution < 1.29 is 9.13 Å². The summed E-state index contributed by atoms with van der Waals surface area (Å²) in [6, 6.07) is 14.3. The molecule has 0 aliphatic carbocycles. The zero-order valence-electron chi connectivity index (χ0n) is 12.1. The molecule has 2 N–H and O–H groups in total. The van der Waals surface area contributed by atoms with Gasteiger partial charge in [-0.15, -0.1) is 11.8 Å². The lowest BCUT2D eigenvalue weighted by molar-refractivity contribution is 0.317. The van der Waals surface area contributed by atoms with E-state index in [2.05, 4.69) is 6.92 Å². The van der Waals surface area contributed by atoms with Crippen LogP contribution in [0.2, 0.25) is 0 Å². The third-order valence-electron chi connectivity index (χ3n) is 3.02. The third-order valence-corrected chi connectivity index (χ3v) is 4.16. The fraction of sp³-hybridized carbons (Fsp3) is 0.294. The Morgan fingerprint density at radius 2 is 1.76 bits per heavy atom. The van der Waals surface area contributed by atoms with Crippen molar-refractivity contribution in [2.75, 3.05) is 12.4 Å². The van der Waals surface area contributed by atoms with Crippen LogP contribution in [-0.4, -0.2) is 12.4 Å². The summed E-state index contributed by atoms with van der Waals surface area (Å²) in [6.45, 7) is 2.81. The van der Waals surface area contributed by atoms with Gasteiger partial charge in [-0.3, -0.25) is 0 Å². The molecule has 0 bridgehead atoms. The molecule has 0 aliphatic rings. The van der Waals surface area contributed by atoms with Crippen LogP contribution in [0.25, 0.3) is 0 Å². The summed E-state index contributed by atoms with van der Waals surface area (Å²) in [5.74, 6) is 1.41. The average Bonchev–Trinajstić information content (AvgIpc) is 2.52. The fourth-order valence-corrected chi connectivity index (χ4v) is 2.74. The van der Waals surface area contributed by atoms with E-state index in [9.17, 15) is 4.39 Å². The second kappa shape index (κ2) is 8.05. The van der Waals surface area contributed by atoms with Gasteiger partial charge in [0.25, 0.3) is 0 Å². The quantitative estimate of drug-likeness (QED) is 0.770. The monoisotopic (exact) mass is 305 g/mol. The molecule has 2 nitrogen and oxygen atoms in total. The van der Waals surface area contributed by atoms with Crippen LogP contribution in [0, 0.1) is 5.82 Å². The molecular weight excluding hydrogens is 285 g/mol. The summed E-state index contributed by atoms with van der Waals surface area (Å²) in [4.78, 5) is 1.02. The van der Waals surface area contributed by atoms with Crippen LogP contribution < -0.4 is 10.5 Å². The Bertz CT molecular complexity index is 542. The number of thioether (sulfide) groups is 1. The first-order valence-corrected chi connectivity index (χ1v) is 8.04. The van der Waals surface area contributed by atoms with Crippen LogP contribution in [0.4, 0.5) is 4.39 Å². The van der Waals surface area contributed by atoms with Crippen LogP contribution in [0.3, 0.4) is 0 Å². The number of hydrogen-bond acceptors (Lipinski definition) is 3. The smallest absolute Gasteiger partial charge is 0.123 e. The lowest BCUT2D eigenvalue weighted by atomic mass is 10.1. The Balaban J connectivity index is 1.87. The summed E-state index contributed by atoms with van der Waals surface area (Å²) < 4.78 is 18.4. The molecular formula is C17H20FNOS. The van der Waals surface area contributed by atoms with Crippen molar-refractivity contribution in [2.24, 2.45) is 5.73 Å². The molecule has 0 saturated carbocycles. The maximum atomic E-state index is 12.8. The number of rotatable bonds is 7. The van der Waals surface area contributed by atoms with Crippen molar-refractivity contribution in [1.82, 2.24) is 0 Å². The number of benzene rings is 2. The van der Waals surface area contributed by atoms with Crippen molar-refractivity contribution in [3.63, 3.8) is 0 Å². The van der Waals surface area contributed by atoms with Crippen molar-refractivity contribution in [3.05, 3.63) is 59.9 Å². The van der Waals surface area contributed by atoms with E-state index in [-0.39, 0.29) is 11.9 Å². The largest absolute Gasteiger partial charge is 0.494 e. The zero-order chi connectivity index (χ0) is 15.1. The molecule has 0 aromatic heterocycles. The van der Waals surface area contributed by atoms with Gasteiger partial charge in [0.1, 0.15) is 11.6 Å². The maximum Gasteiger partial charge on any atom is 0.123 e. The van der Waals surface area contributed by atoms with Gasteiger partial charge >= 0.3 is 0 Å². The predicted octanol–water partition coefficient (Wildman–Crippen LogP) is 4.41. The minimum atomic E-state index is -0.216. The predicted molar refractivity (Wildman–Crippen MR) is 86.3 cm³/mol. The van der Waals surface area contributed by atoms with Gasteiger partial charge < -0.3 is 10.5 Å². The first kappa shape index (κ1) is 15.9. The molecule has 2 aromatic carbocycles. The molecule has 112 valence electrons. The summed E-state index contributed by atoms with van der Waals surface area (Å²) in [5, 5.41) is 0. The van der Waals surface area contributed by atoms with E-state index < -0.39 is 0 Å². The molecule has 2 aromatic rings. The molecule has 1 unspecified atom stereocenters. The number of nitrogens with two attached hydrogens (primary N) is 1. The van der Waals surface area contributed by atoms with Crippen molar-refractivity contribution in [3.8, 4) is 5.75 Å². The van der Waals surface area contributed by atoms with E-state index in [1.807, 2.05) is 24.3 Å². The van der Waals surface area contributed by atoms with Crippen LogP contribution in [0.1, 0.15) is 24.9 Å². The number of ether oxygens (including phenoxy) is 1. The second-order valence-electron chi connectivity index (χ2n) is 4.79. The van der Waals surface area contributed by atoms with Crippen LogP contribution in [0.15, 0.2) is 53.4 Å². The highest BCUT2D eigenvalue weighted by Crippen LogP contribution is 2.24. The standard InChI is InChI=1S/C17H20FNOS/c1-2-11-20-15-7-3-13(4-8-15)17(19)12-21-16-9-5-14(18)6-10-16/h3-10,17H,2,11-12,19H2,1H3. The molecule has 21 heavy (non-hydrogen) atoms. The van der Waals surface area contributed by atoms with Crippen LogP contribution in [-0.2, 0) is 0 Å². The van der Waals surface area contributed by atoms with Gasteiger partial charge in [0.15, 0.2) is 0 Å². The van der Waals surface area contributed by atoms with E-state index in [1.165, 1.54) is 12.1 Å². The normalized spacial score (nSPS) is 12.1. The van der Waals surface area contributed by atoms with Gasteiger partial charge in [-0.25, -0.2) is 4.39 Å². The Hall–Kier alpha value is -1.52. The van der Waals surface area contributed by atoms with Crippen molar-refractivity contribution in [2.45, 2.75) is 24.3 Å². The van der Waals surface area contributed by atoms with Gasteiger partial charge in [-0.05, 0) is 48.4 Å². The summed E-state index contributed by atoms with van der Waals surface area (Å²) in [5.41, 5.74) is 7.26. The van der Waals surface area contributed by atoms with Gasteiger partial charge in [0.2, 0.25) is 0 Å². The Morgan fingerprint density at radius 1 is 1.10 bits per heavy atom. The Morgan fingerprint density at radius 3 is 2.38 bits per heavy atom. The minimum absolute atomic E-state index is 0.0553. The Kier molecular flexibility index (Phi) is 6.08. The number of hydrogen-bond donors (Lipinski definition) is 1. The van der Waals surface area contributed by atoms with Crippen LogP contribution >= 0.6 is 11.8 Å².